The van der Waals surface area contributed by atoms with Crippen molar-refractivity contribution < 1.29 is 4.74 Å². The van der Waals surface area contributed by atoms with Gasteiger partial charge in [-0.05, 0) is 49.7 Å². The van der Waals surface area contributed by atoms with E-state index < -0.39 is 0 Å². The number of rotatable bonds is 5. The average molecular weight is 276 g/mol. The van der Waals surface area contributed by atoms with E-state index in [1.165, 1.54) is 42.4 Å². The second kappa shape index (κ2) is 6.15. The highest BCUT2D eigenvalue weighted by atomic mass is 16.5. The molecule has 0 bridgehead atoms. The van der Waals surface area contributed by atoms with Crippen molar-refractivity contribution in [3.8, 4) is 5.75 Å². The molecule has 3 nitrogen and oxygen atoms in total. The standard InChI is InChI=1S/C17H28N2O/c1-5-17(10-6-7-11-17)16(19-18)14-9-8-12(2)13(3)15(14)20-4/h8-9,16,19H,5-7,10-11,18H2,1-4H3. The third-order valence-corrected chi connectivity index (χ3v) is 5.30. The van der Waals surface area contributed by atoms with Crippen LogP contribution in [-0.4, -0.2) is 7.11 Å². The molecule has 0 amide bonds. The van der Waals surface area contributed by atoms with Crippen LogP contribution in [0.5, 0.6) is 5.75 Å². The molecule has 0 saturated heterocycles. The van der Waals surface area contributed by atoms with Crippen LogP contribution >= 0.6 is 0 Å². The lowest BCUT2D eigenvalue weighted by atomic mass is 9.73. The second-order valence-electron chi connectivity index (χ2n) is 6.15. The number of nitrogens with two attached hydrogens (primary N) is 1. The molecule has 2 rings (SSSR count). The molecule has 1 aliphatic carbocycles. The molecular weight excluding hydrogens is 248 g/mol. The van der Waals surface area contributed by atoms with Crippen LogP contribution in [0.1, 0.15) is 61.8 Å². The zero-order valence-electron chi connectivity index (χ0n) is 13.3. The highest BCUT2D eigenvalue weighted by molar-refractivity contribution is 5.47. The Hall–Kier alpha value is -1.06. The third-order valence-electron chi connectivity index (χ3n) is 5.30. The number of hydrogen-bond acceptors (Lipinski definition) is 3. The smallest absolute Gasteiger partial charge is 0.126 e. The van der Waals surface area contributed by atoms with Crippen molar-refractivity contribution in [3.05, 3.63) is 28.8 Å². The van der Waals surface area contributed by atoms with E-state index in [-0.39, 0.29) is 11.5 Å². The monoisotopic (exact) mass is 276 g/mol. The van der Waals surface area contributed by atoms with Gasteiger partial charge in [-0.2, -0.15) is 0 Å². The first-order chi connectivity index (χ1) is 9.59. The molecule has 1 saturated carbocycles. The van der Waals surface area contributed by atoms with Crippen molar-refractivity contribution in [2.45, 2.75) is 58.9 Å². The maximum absolute atomic E-state index is 5.95. The fourth-order valence-corrected chi connectivity index (χ4v) is 3.83. The highest BCUT2D eigenvalue weighted by Gasteiger charge is 2.41. The molecule has 3 N–H and O–H groups in total. The van der Waals surface area contributed by atoms with Crippen molar-refractivity contribution in [1.82, 2.24) is 5.43 Å². The predicted octanol–water partition coefficient (Wildman–Crippen LogP) is 3.79. The number of nitrogens with one attached hydrogen (secondary N) is 1. The lowest BCUT2D eigenvalue weighted by Gasteiger charge is -2.37. The topological polar surface area (TPSA) is 47.3 Å². The first-order valence-corrected chi connectivity index (χ1v) is 7.70. The average Bonchev–Trinajstić information content (AvgIpc) is 2.94. The lowest BCUT2D eigenvalue weighted by molar-refractivity contribution is 0.184. The quantitative estimate of drug-likeness (QED) is 0.635. The van der Waals surface area contributed by atoms with Gasteiger partial charge >= 0.3 is 0 Å². The molecule has 3 heteroatoms. The van der Waals surface area contributed by atoms with E-state index in [4.69, 9.17) is 10.6 Å². The summed E-state index contributed by atoms with van der Waals surface area (Å²) < 4.78 is 5.69. The summed E-state index contributed by atoms with van der Waals surface area (Å²) in [6.45, 7) is 6.53. The fourth-order valence-electron chi connectivity index (χ4n) is 3.83. The Morgan fingerprint density at radius 3 is 2.45 bits per heavy atom. The first-order valence-electron chi connectivity index (χ1n) is 7.70. The van der Waals surface area contributed by atoms with Crippen LogP contribution in [-0.2, 0) is 0 Å². The summed E-state index contributed by atoms with van der Waals surface area (Å²) in [7, 11) is 1.76. The molecule has 1 unspecified atom stereocenters. The molecule has 0 radical (unpaired) electrons. The van der Waals surface area contributed by atoms with E-state index in [1.807, 2.05) is 0 Å². The SMILES string of the molecule is CCC1(C(NN)c2ccc(C)c(C)c2OC)CCCC1. The molecule has 112 valence electrons. The molecular formula is C17H28N2O. The largest absolute Gasteiger partial charge is 0.496 e. The molecule has 1 aromatic carbocycles. The summed E-state index contributed by atoms with van der Waals surface area (Å²) in [4.78, 5) is 0. The van der Waals surface area contributed by atoms with Crippen molar-refractivity contribution in [1.29, 1.82) is 0 Å². The van der Waals surface area contributed by atoms with Gasteiger partial charge in [0.25, 0.3) is 0 Å². The number of benzene rings is 1. The number of hydrazine groups is 1. The normalized spacial score (nSPS) is 19.1. The minimum absolute atomic E-state index is 0.171. The van der Waals surface area contributed by atoms with E-state index in [0.717, 1.165) is 12.2 Å². The van der Waals surface area contributed by atoms with Crippen LogP contribution in [0.4, 0.5) is 0 Å². The summed E-state index contributed by atoms with van der Waals surface area (Å²) >= 11 is 0. The van der Waals surface area contributed by atoms with E-state index in [1.54, 1.807) is 7.11 Å². The van der Waals surface area contributed by atoms with Crippen LogP contribution in [0.2, 0.25) is 0 Å². The first kappa shape index (κ1) is 15.3. The third kappa shape index (κ3) is 2.45. The van der Waals surface area contributed by atoms with Crippen LogP contribution in [0.3, 0.4) is 0 Å². The highest BCUT2D eigenvalue weighted by Crippen LogP contribution is 2.51. The number of aryl methyl sites for hydroxylation is 1. The van der Waals surface area contributed by atoms with Crippen molar-refractivity contribution in [2.24, 2.45) is 11.3 Å². The molecule has 0 heterocycles. The van der Waals surface area contributed by atoms with Gasteiger partial charge in [-0.3, -0.25) is 11.3 Å². The second-order valence-corrected chi connectivity index (χ2v) is 6.15. The van der Waals surface area contributed by atoms with Crippen molar-refractivity contribution in [2.75, 3.05) is 7.11 Å². The number of ether oxygens (including phenoxy) is 1. The van der Waals surface area contributed by atoms with E-state index >= 15 is 0 Å². The molecule has 0 spiro atoms. The Morgan fingerprint density at radius 1 is 1.30 bits per heavy atom. The minimum atomic E-state index is 0.171. The lowest BCUT2D eigenvalue weighted by Crippen LogP contribution is -2.40. The number of methoxy groups -OCH3 is 1. The van der Waals surface area contributed by atoms with Crippen LogP contribution in [0.15, 0.2) is 12.1 Å². The zero-order valence-corrected chi connectivity index (χ0v) is 13.3. The summed E-state index contributed by atoms with van der Waals surface area (Å²) in [5, 5.41) is 0. The van der Waals surface area contributed by atoms with Gasteiger partial charge in [0.2, 0.25) is 0 Å². The molecule has 1 aromatic rings. The summed E-state index contributed by atoms with van der Waals surface area (Å²) in [6, 6.07) is 4.53. The summed E-state index contributed by atoms with van der Waals surface area (Å²) in [5.74, 6) is 6.94. The van der Waals surface area contributed by atoms with Crippen LogP contribution in [0.25, 0.3) is 0 Å². The van der Waals surface area contributed by atoms with Crippen LogP contribution < -0.4 is 16.0 Å². The molecule has 1 atom stereocenters. The fraction of sp³-hybridized carbons (Fsp3) is 0.647. The Bertz CT molecular complexity index is 464. The molecule has 0 aromatic heterocycles. The van der Waals surface area contributed by atoms with E-state index in [9.17, 15) is 0 Å². The minimum Gasteiger partial charge on any atom is -0.496 e. The van der Waals surface area contributed by atoms with Gasteiger partial charge in [0.1, 0.15) is 5.75 Å². The van der Waals surface area contributed by atoms with Gasteiger partial charge in [-0.1, -0.05) is 31.9 Å². The molecule has 1 fully saturated rings. The summed E-state index contributed by atoms with van der Waals surface area (Å²) in [5.41, 5.74) is 7.05. The van der Waals surface area contributed by atoms with E-state index in [2.05, 4.69) is 38.3 Å². The Balaban J connectivity index is 2.49. The van der Waals surface area contributed by atoms with Crippen molar-refractivity contribution in [3.63, 3.8) is 0 Å². The van der Waals surface area contributed by atoms with Crippen LogP contribution in [0, 0.1) is 19.3 Å². The Kier molecular flexibility index (Phi) is 4.71. The van der Waals surface area contributed by atoms with Gasteiger partial charge < -0.3 is 4.74 Å². The zero-order chi connectivity index (χ0) is 14.8. The maximum Gasteiger partial charge on any atom is 0.126 e. The molecule has 0 aliphatic heterocycles. The molecule has 1 aliphatic rings. The summed E-state index contributed by atoms with van der Waals surface area (Å²) in [6.07, 6.45) is 6.25. The Morgan fingerprint density at radius 2 is 1.95 bits per heavy atom. The van der Waals surface area contributed by atoms with Gasteiger partial charge in [0.05, 0.1) is 13.2 Å². The van der Waals surface area contributed by atoms with Gasteiger partial charge in [-0.15, -0.1) is 0 Å². The van der Waals surface area contributed by atoms with E-state index in [0.29, 0.717) is 0 Å². The number of hydrogen-bond donors (Lipinski definition) is 2. The van der Waals surface area contributed by atoms with Gasteiger partial charge in [0.15, 0.2) is 0 Å². The van der Waals surface area contributed by atoms with Crippen molar-refractivity contribution >= 4 is 0 Å². The molecule has 20 heavy (non-hydrogen) atoms. The maximum atomic E-state index is 5.95. The predicted molar refractivity (Wildman–Crippen MR) is 83.7 cm³/mol. The van der Waals surface area contributed by atoms with Gasteiger partial charge in [-0.25, -0.2) is 0 Å². The Labute approximate surface area is 122 Å². The van der Waals surface area contributed by atoms with Gasteiger partial charge in [0, 0.05) is 5.56 Å².